The quantitative estimate of drug-likeness (QED) is 0.593. The highest BCUT2D eigenvalue weighted by atomic mass is 16.3. The van der Waals surface area contributed by atoms with Crippen LogP contribution in [0.4, 0.5) is 0 Å². The van der Waals surface area contributed by atoms with Gasteiger partial charge in [0.2, 0.25) is 11.8 Å². The summed E-state index contributed by atoms with van der Waals surface area (Å²) in [5.41, 5.74) is 5.68. The molecule has 2 atom stereocenters. The average molecular weight is 257 g/mol. The van der Waals surface area contributed by atoms with Crippen LogP contribution >= 0.6 is 0 Å². The zero-order valence-electron chi connectivity index (χ0n) is 11.1. The first kappa shape index (κ1) is 14.9. The fraction of sp³-hybridized carbons (Fsp3) is 0.833. The number of hydrogen-bond donors (Lipinski definition) is 3. The van der Waals surface area contributed by atoms with Crippen molar-refractivity contribution in [2.75, 3.05) is 19.7 Å². The van der Waals surface area contributed by atoms with Crippen molar-refractivity contribution in [2.24, 2.45) is 11.7 Å². The molecule has 0 aromatic heterocycles. The summed E-state index contributed by atoms with van der Waals surface area (Å²) in [5, 5.41) is 11.7. The Kier molecular flexibility index (Phi) is 5.55. The molecule has 1 fully saturated rings. The van der Waals surface area contributed by atoms with Gasteiger partial charge in [0.05, 0.1) is 25.2 Å². The molecular weight excluding hydrogens is 234 g/mol. The van der Waals surface area contributed by atoms with E-state index in [9.17, 15) is 9.59 Å². The molecule has 1 aliphatic heterocycles. The van der Waals surface area contributed by atoms with Gasteiger partial charge in [-0.25, -0.2) is 0 Å². The number of rotatable bonds is 5. The number of likely N-dealkylation sites (tertiary alicyclic amines) is 1. The number of carbonyl (C=O) groups excluding carboxylic acids is 2. The smallest absolute Gasteiger partial charge is 0.242 e. The third-order valence-corrected chi connectivity index (χ3v) is 3.34. The topological polar surface area (TPSA) is 95.7 Å². The Hall–Kier alpha value is -1.14. The van der Waals surface area contributed by atoms with E-state index in [0.717, 1.165) is 12.8 Å². The summed E-state index contributed by atoms with van der Waals surface area (Å²) in [5.74, 6) is -0.425. The van der Waals surface area contributed by atoms with E-state index < -0.39 is 6.04 Å². The van der Waals surface area contributed by atoms with Crippen LogP contribution in [-0.2, 0) is 9.59 Å². The Labute approximate surface area is 108 Å². The number of nitrogens with two attached hydrogens (primary N) is 1. The average Bonchev–Trinajstić information content (AvgIpc) is 2.82. The van der Waals surface area contributed by atoms with Crippen molar-refractivity contribution in [2.45, 2.75) is 38.8 Å². The van der Waals surface area contributed by atoms with E-state index >= 15 is 0 Å². The Morgan fingerprint density at radius 2 is 2.17 bits per heavy atom. The number of aliphatic hydroxyl groups is 1. The molecule has 0 radical (unpaired) electrons. The monoisotopic (exact) mass is 257 g/mol. The number of nitrogens with one attached hydrogen (secondary N) is 1. The molecule has 1 aliphatic rings. The van der Waals surface area contributed by atoms with Crippen molar-refractivity contribution in [1.29, 1.82) is 0 Å². The summed E-state index contributed by atoms with van der Waals surface area (Å²) in [6.45, 7) is 4.29. The first-order chi connectivity index (χ1) is 8.47. The van der Waals surface area contributed by atoms with E-state index in [-0.39, 0.29) is 36.9 Å². The molecule has 1 saturated heterocycles. The van der Waals surface area contributed by atoms with Crippen LogP contribution in [0.2, 0.25) is 0 Å². The molecule has 0 saturated carbocycles. The number of nitrogens with zero attached hydrogens (tertiary/aromatic N) is 1. The zero-order chi connectivity index (χ0) is 13.7. The highest BCUT2D eigenvalue weighted by Crippen LogP contribution is 2.16. The second-order valence-electron chi connectivity index (χ2n) is 5.05. The summed E-state index contributed by atoms with van der Waals surface area (Å²) in [4.78, 5) is 25.1. The lowest BCUT2D eigenvalue weighted by molar-refractivity contribution is -0.134. The van der Waals surface area contributed by atoms with Crippen molar-refractivity contribution < 1.29 is 14.7 Å². The summed E-state index contributed by atoms with van der Waals surface area (Å²) in [7, 11) is 0. The van der Waals surface area contributed by atoms with Gasteiger partial charge in [-0.05, 0) is 18.8 Å². The second kappa shape index (κ2) is 6.70. The third kappa shape index (κ3) is 3.68. The van der Waals surface area contributed by atoms with E-state index in [1.165, 1.54) is 0 Å². The van der Waals surface area contributed by atoms with Gasteiger partial charge in [0, 0.05) is 6.54 Å². The van der Waals surface area contributed by atoms with E-state index in [1.807, 2.05) is 13.8 Å². The molecule has 18 heavy (non-hydrogen) atoms. The van der Waals surface area contributed by atoms with E-state index in [0.29, 0.717) is 6.54 Å². The second-order valence-corrected chi connectivity index (χ2v) is 5.05. The van der Waals surface area contributed by atoms with Crippen LogP contribution in [0.3, 0.4) is 0 Å². The molecule has 0 bridgehead atoms. The van der Waals surface area contributed by atoms with Crippen LogP contribution in [0.15, 0.2) is 0 Å². The largest absolute Gasteiger partial charge is 0.394 e. The zero-order valence-corrected chi connectivity index (χ0v) is 11.1. The standard InChI is InChI=1S/C12H23N3O3/c1-8(2)11(13)12(18)14-6-10(17)15-5-3-4-9(15)7-16/h8-9,11,16H,3-7,13H2,1-2H3,(H,14,18)/t9-,11+/m1/s1. The summed E-state index contributed by atoms with van der Waals surface area (Å²) in [6, 6.07) is -0.696. The Balaban J connectivity index is 2.39. The summed E-state index contributed by atoms with van der Waals surface area (Å²) in [6.07, 6.45) is 1.72. The molecular formula is C12H23N3O3. The maximum absolute atomic E-state index is 11.9. The molecule has 4 N–H and O–H groups in total. The summed E-state index contributed by atoms with van der Waals surface area (Å²) >= 11 is 0. The molecule has 0 unspecified atom stereocenters. The maximum atomic E-state index is 11.9. The van der Waals surface area contributed by atoms with E-state index in [2.05, 4.69) is 5.32 Å². The minimum absolute atomic E-state index is 0.0226. The van der Waals surface area contributed by atoms with Crippen molar-refractivity contribution in [3.63, 3.8) is 0 Å². The lowest BCUT2D eigenvalue weighted by atomic mass is 10.1. The van der Waals surface area contributed by atoms with Crippen LogP contribution in [0, 0.1) is 5.92 Å². The van der Waals surface area contributed by atoms with Crippen molar-refractivity contribution in [3.05, 3.63) is 0 Å². The van der Waals surface area contributed by atoms with Gasteiger partial charge in [-0.2, -0.15) is 0 Å². The van der Waals surface area contributed by atoms with Crippen LogP contribution in [0.1, 0.15) is 26.7 Å². The lowest BCUT2D eigenvalue weighted by Gasteiger charge is -2.23. The molecule has 6 nitrogen and oxygen atoms in total. The maximum Gasteiger partial charge on any atom is 0.242 e. The van der Waals surface area contributed by atoms with E-state index in [4.69, 9.17) is 10.8 Å². The molecule has 0 spiro atoms. The molecule has 1 rings (SSSR count). The number of hydrogen-bond acceptors (Lipinski definition) is 4. The van der Waals surface area contributed by atoms with Crippen molar-refractivity contribution >= 4 is 11.8 Å². The van der Waals surface area contributed by atoms with Gasteiger partial charge in [0.15, 0.2) is 0 Å². The van der Waals surface area contributed by atoms with Gasteiger partial charge >= 0.3 is 0 Å². The highest BCUT2D eigenvalue weighted by molar-refractivity contribution is 5.87. The Bertz CT molecular complexity index is 307. The van der Waals surface area contributed by atoms with Crippen molar-refractivity contribution in [1.82, 2.24) is 10.2 Å². The molecule has 0 aromatic carbocycles. The molecule has 2 amide bonds. The number of carbonyl (C=O) groups is 2. The van der Waals surface area contributed by atoms with Gasteiger partial charge < -0.3 is 21.1 Å². The van der Waals surface area contributed by atoms with Crippen LogP contribution in [-0.4, -0.2) is 53.6 Å². The molecule has 6 heteroatoms. The minimum atomic E-state index is -0.593. The molecule has 0 aromatic rings. The van der Waals surface area contributed by atoms with Gasteiger partial charge in [-0.1, -0.05) is 13.8 Å². The van der Waals surface area contributed by atoms with E-state index in [1.54, 1.807) is 4.90 Å². The molecule has 0 aliphatic carbocycles. The third-order valence-electron chi connectivity index (χ3n) is 3.34. The molecule has 1 heterocycles. The fourth-order valence-electron chi connectivity index (χ4n) is 2.04. The van der Waals surface area contributed by atoms with Crippen LogP contribution < -0.4 is 11.1 Å². The predicted octanol–water partition coefficient (Wildman–Crippen LogP) is -0.931. The Morgan fingerprint density at radius 3 is 2.72 bits per heavy atom. The van der Waals surface area contributed by atoms with Crippen molar-refractivity contribution in [3.8, 4) is 0 Å². The number of aliphatic hydroxyl groups excluding tert-OH is 1. The first-order valence-corrected chi connectivity index (χ1v) is 6.41. The molecule has 104 valence electrons. The highest BCUT2D eigenvalue weighted by Gasteiger charge is 2.28. The van der Waals surface area contributed by atoms with Crippen LogP contribution in [0.5, 0.6) is 0 Å². The minimum Gasteiger partial charge on any atom is -0.394 e. The number of amides is 2. The van der Waals surface area contributed by atoms with Gasteiger partial charge in [-0.15, -0.1) is 0 Å². The Morgan fingerprint density at radius 1 is 1.50 bits per heavy atom. The fourth-order valence-corrected chi connectivity index (χ4v) is 2.04. The normalized spacial score (nSPS) is 21.2. The van der Waals surface area contributed by atoms with Crippen LogP contribution in [0.25, 0.3) is 0 Å². The first-order valence-electron chi connectivity index (χ1n) is 6.41. The summed E-state index contributed by atoms with van der Waals surface area (Å²) < 4.78 is 0. The van der Waals surface area contributed by atoms with Gasteiger partial charge in [0.25, 0.3) is 0 Å². The lowest BCUT2D eigenvalue weighted by Crippen LogP contribution is -2.49. The SMILES string of the molecule is CC(C)[C@H](N)C(=O)NCC(=O)N1CCC[C@@H]1CO. The predicted molar refractivity (Wildman–Crippen MR) is 67.6 cm³/mol. The van der Waals surface area contributed by atoms with Gasteiger partial charge in [-0.3, -0.25) is 9.59 Å². The van der Waals surface area contributed by atoms with Gasteiger partial charge in [0.1, 0.15) is 0 Å².